The molecule has 2 heterocycles. The van der Waals surface area contributed by atoms with Gasteiger partial charge in [-0.25, -0.2) is 0 Å². The lowest BCUT2D eigenvalue weighted by molar-refractivity contribution is -0.129. The third-order valence-corrected chi connectivity index (χ3v) is 5.68. The van der Waals surface area contributed by atoms with Crippen LogP contribution >= 0.6 is 23.2 Å². The summed E-state index contributed by atoms with van der Waals surface area (Å²) in [5, 5.41) is 12.4. The summed E-state index contributed by atoms with van der Waals surface area (Å²) in [6.07, 6.45) is 1.61. The largest absolute Gasteiger partial charge is 0.503 e. The number of hydrogen-bond acceptors (Lipinski definition) is 4. The summed E-state index contributed by atoms with van der Waals surface area (Å²) in [6, 6.07) is 12.8. The van der Waals surface area contributed by atoms with E-state index in [1.807, 2.05) is 6.92 Å². The number of fused-ring (bicyclic) bond motifs is 1. The van der Waals surface area contributed by atoms with Crippen molar-refractivity contribution < 1.29 is 19.1 Å². The van der Waals surface area contributed by atoms with Crippen molar-refractivity contribution in [1.29, 1.82) is 0 Å². The van der Waals surface area contributed by atoms with Crippen LogP contribution in [0, 0.1) is 0 Å². The van der Waals surface area contributed by atoms with E-state index in [1.165, 1.54) is 4.90 Å². The first kappa shape index (κ1) is 20.5. The minimum atomic E-state index is -0.717. The maximum Gasteiger partial charge on any atom is 0.290 e. The summed E-state index contributed by atoms with van der Waals surface area (Å²) in [5.74, 6) is -1.61. The van der Waals surface area contributed by atoms with Crippen LogP contribution in [0.4, 0.5) is 0 Å². The molecule has 1 atom stereocenters. The van der Waals surface area contributed by atoms with Gasteiger partial charge in [-0.15, -0.1) is 0 Å². The van der Waals surface area contributed by atoms with E-state index in [1.54, 1.807) is 48.5 Å². The Hall–Kier alpha value is -2.76. The number of hydrogen-bond donors (Lipinski definition) is 1. The third kappa shape index (κ3) is 3.59. The topological polar surface area (TPSA) is 70.8 Å². The average Bonchev–Trinajstić information content (AvgIpc) is 3.26. The van der Waals surface area contributed by atoms with Crippen LogP contribution in [0.3, 0.4) is 0 Å². The van der Waals surface area contributed by atoms with Crippen molar-refractivity contribution in [3.8, 4) is 0 Å². The molecule has 1 N–H and O–H groups in total. The molecule has 2 aromatic carbocycles. The van der Waals surface area contributed by atoms with E-state index >= 15 is 0 Å². The molecule has 154 valence electrons. The Kier molecular flexibility index (Phi) is 5.58. The average molecular weight is 444 g/mol. The van der Waals surface area contributed by atoms with Gasteiger partial charge in [0.25, 0.3) is 5.91 Å². The lowest BCUT2D eigenvalue weighted by Gasteiger charge is -2.26. The zero-order valence-corrected chi connectivity index (χ0v) is 17.7. The highest BCUT2D eigenvalue weighted by Gasteiger charge is 2.44. The smallest absolute Gasteiger partial charge is 0.290 e. The van der Waals surface area contributed by atoms with Crippen molar-refractivity contribution in [2.24, 2.45) is 0 Å². The molecule has 4 rings (SSSR count). The van der Waals surface area contributed by atoms with Crippen LogP contribution in [0.1, 0.15) is 41.9 Å². The minimum absolute atomic E-state index is 0.00331. The molecule has 3 aromatic rings. The number of carbonyl (C=O) groups is 2. The van der Waals surface area contributed by atoms with Crippen LogP contribution in [-0.4, -0.2) is 28.2 Å². The molecule has 0 spiro atoms. The van der Waals surface area contributed by atoms with Crippen molar-refractivity contribution in [3.63, 3.8) is 0 Å². The normalized spacial score (nSPS) is 16.7. The van der Waals surface area contributed by atoms with Gasteiger partial charge in [0.2, 0.25) is 5.78 Å². The minimum Gasteiger partial charge on any atom is -0.503 e. The number of aliphatic hydroxyl groups is 1. The van der Waals surface area contributed by atoms with Crippen LogP contribution in [0.2, 0.25) is 10.0 Å². The van der Waals surface area contributed by atoms with Gasteiger partial charge in [0.15, 0.2) is 11.5 Å². The van der Waals surface area contributed by atoms with Crippen molar-refractivity contribution in [2.45, 2.75) is 25.8 Å². The number of rotatable bonds is 6. The molecule has 1 aromatic heterocycles. The number of Topliss-reactive ketones (excluding diaryl/α,β-unsaturated/α-hetero) is 1. The summed E-state index contributed by atoms with van der Waals surface area (Å²) in [5.41, 5.74) is 1.19. The highest BCUT2D eigenvalue weighted by molar-refractivity contribution is 6.31. The fourth-order valence-electron chi connectivity index (χ4n) is 3.70. The molecule has 1 unspecified atom stereocenters. The zero-order valence-electron chi connectivity index (χ0n) is 16.2. The second kappa shape index (κ2) is 8.17. The molecule has 1 aliphatic heterocycles. The van der Waals surface area contributed by atoms with Gasteiger partial charge in [-0.1, -0.05) is 48.7 Å². The molecule has 0 aliphatic carbocycles. The number of furan rings is 1. The Morgan fingerprint density at radius 2 is 1.80 bits per heavy atom. The van der Waals surface area contributed by atoms with Crippen LogP contribution < -0.4 is 0 Å². The van der Waals surface area contributed by atoms with E-state index in [9.17, 15) is 14.7 Å². The van der Waals surface area contributed by atoms with E-state index in [0.29, 0.717) is 33.1 Å². The molecule has 7 heteroatoms. The highest BCUT2D eigenvalue weighted by atomic mass is 35.5. The maximum atomic E-state index is 13.4. The van der Waals surface area contributed by atoms with Crippen molar-refractivity contribution in [1.82, 2.24) is 4.90 Å². The molecule has 0 radical (unpaired) electrons. The van der Waals surface area contributed by atoms with Gasteiger partial charge < -0.3 is 14.4 Å². The van der Waals surface area contributed by atoms with Gasteiger partial charge in [0, 0.05) is 22.0 Å². The SMILES string of the molecule is CCCCN1C(=O)C(O)=C(C(=O)c2cc3cc(Cl)ccc3o2)C1c1ccc(Cl)cc1. The predicted molar refractivity (Wildman–Crippen MR) is 116 cm³/mol. The van der Waals surface area contributed by atoms with Gasteiger partial charge in [0.05, 0.1) is 11.6 Å². The van der Waals surface area contributed by atoms with Crippen LogP contribution in [0.5, 0.6) is 0 Å². The first-order valence-electron chi connectivity index (χ1n) is 9.64. The summed E-state index contributed by atoms with van der Waals surface area (Å²) in [4.78, 5) is 27.7. The molecule has 0 bridgehead atoms. The van der Waals surface area contributed by atoms with Crippen molar-refractivity contribution in [2.75, 3.05) is 6.54 Å². The van der Waals surface area contributed by atoms with E-state index in [-0.39, 0.29) is 11.3 Å². The van der Waals surface area contributed by atoms with E-state index < -0.39 is 23.5 Å². The molecule has 0 fully saturated rings. The summed E-state index contributed by atoms with van der Waals surface area (Å²) >= 11 is 12.0. The number of ketones is 1. The first-order chi connectivity index (χ1) is 14.4. The molecule has 1 aliphatic rings. The van der Waals surface area contributed by atoms with Crippen molar-refractivity contribution >= 4 is 45.9 Å². The van der Waals surface area contributed by atoms with Gasteiger partial charge >= 0.3 is 0 Å². The zero-order chi connectivity index (χ0) is 21.4. The summed E-state index contributed by atoms with van der Waals surface area (Å²) in [7, 11) is 0. The second-order valence-corrected chi connectivity index (χ2v) is 8.06. The number of amides is 1. The Morgan fingerprint density at radius 3 is 2.50 bits per heavy atom. The third-order valence-electron chi connectivity index (χ3n) is 5.19. The predicted octanol–water partition coefficient (Wildman–Crippen LogP) is 6.12. The quantitative estimate of drug-likeness (QED) is 0.465. The summed E-state index contributed by atoms with van der Waals surface area (Å²) < 4.78 is 5.70. The number of halogens is 2. The number of nitrogens with zero attached hydrogens (tertiary/aromatic N) is 1. The van der Waals surface area contributed by atoms with Crippen molar-refractivity contribution in [3.05, 3.63) is 81.2 Å². The Balaban J connectivity index is 1.79. The van der Waals surface area contributed by atoms with Crippen LogP contribution in [0.15, 0.2) is 64.3 Å². The van der Waals surface area contributed by atoms with E-state index in [4.69, 9.17) is 27.6 Å². The van der Waals surface area contributed by atoms with Gasteiger partial charge in [-0.3, -0.25) is 9.59 Å². The number of unbranched alkanes of at least 4 members (excludes halogenated alkanes) is 1. The monoisotopic (exact) mass is 443 g/mol. The van der Waals surface area contributed by atoms with Crippen LogP contribution in [-0.2, 0) is 4.79 Å². The number of benzene rings is 2. The molecule has 30 heavy (non-hydrogen) atoms. The molecule has 5 nitrogen and oxygen atoms in total. The highest BCUT2D eigenvalue weighted by Crippen LogP contribution is 2.40. The van der Waals surface area contributed by atoms with E-state index in [2.05, 4.69) is 0 Å². The fourth-order valence-corrected chi connectivity index (χ4v) is 4.00. The molecular weight excluding hydrogens is 425 g/mol. The fraction of sp³-hybridized carbons (Fsp3) is 0.217. The Labute approximate surface area is 183 Å². The number of carbonyl (C=O) groups excluding carboxylic acids is 2. The lowest BCUT2D eigenvalue weighted by atomic mass is 9.95. The summed E-state index contributed by atoms with van der Waals surface area (Å²) in [6.45, 7) is 2.43. The standard InChI is InChI=1S/C23H19Cl2NO4/c1-2-3-10-26-20(13-4-6-15(24)7-5-13)19(22(28)23(26)29)21(27)18-12-14-11-16(25)8-9-17(14)30-18/h4-9,11-12,20,28H,2-3,10H2,1H3. The Bertz CT molecular complexity index is 1160. The lowest BCUT2D eigenvalue weighted by Crippen LogP contribution is -2.32. The Morgan fingerprint density at radius 1 is 1.10 bits per heavy atom. The molecule has 1 amide bonds. The molecule has 0 saturated heterocycles. The van der Waals surface area contributed by atoms with E-state index in [0.717, 1.165) is 12.8 Å². The maximum absolute atomic E-state index is 13.4. The second-order valence-electron chi connectivity index (χ2n) is 7.19. The van der Waals surface area contributed by atoms with Gasteiger partial charge in [0.1, 0.15) is 5.58 Å². The van der Waals surface area contributed by atoms with Gasteiger partial charge in [-0.2, -0.15) is 0 Å². The molecule has 0 saturated carbocycles. The van der Waals surface area contributed by atoms with Gasteiger partial charge in [-0.05, 0) is 48.4 Å². The first-order valence-corrected chi connectivity index (χ1v) is 10.4. The number of aliphatic hydroxyl groups excluding tert-OH is 1. The van der Waals surface area contributed by atoms with Crippen LogP contribution in [0.25, 0.3) is 11.0 Å². The molecular formula is C23H19Cl2NO4.